The molecule has 0 unspecified atom stereocenters. The minimum Gasteiger partial charge on any atom is -0.508 e. The molecule has 2 N–H and O–H groups in total. The second-order valence-electron chi connectivity index (χ2n) is 4.40. The van der Waals surface area contributed by atoms with E-state index in [0.29, 0.717) is 10.6 Å². The summed E-state index contributed by atoms with van der Waals surface area (Å²) in [4.78, 5) is 2.28. The van der Waals surface area contributed by atoms with Crippen molar-refractivity contribution >= 4 is 29.8 Å². The lowest BCUT2D eigenvalue weighted by Gasteiger charge is -2.00. The van der Waals surface area contributed by atoms with E-state index in [1.54, 1.807) is 46.5 Å². The molecule has 0 aliphatic heterocycles. The van der Waals surface area contributed by atoms with Gasteiger partial charge in [0, 0.05) is 15.3 Å². The van der Waals surface area contributed by atoms with Crippen molar-refractivity contribution in [3.63, 3.8) is 0 Å². The summed E-state index contributed by atoms with van der Waals surface area (Å²) in [6.07, 6.45) is 1.76. The Kier molecular flexibility index (Phi) is 3.68. The Bertz CT molecular complexity index is 842. The Morgan fingerprint density at radius 1 is 1.29 bits per heavy atom. The van der Waals surface area contributed by atoms with E-state index < -0.39 is 0 Å². The predicted molar refractivity (Wildman–Crippen MR) is 86.6 cm³/mol. The first-order valence-electron chi connectivity index (χ1n) is 6.21. The van der Waals surface area contributed by atoms with Gasteiger partial charge in [-0.25, -0.2) is 5.10 Å². The molecule has 2 aromatic heterocycles. The van der Waals surface area contributed by atoms with Gasteiger partial charge in [-0.3, -0.25) is 0 Å². The molecule has 0 bridgehead atoms. The number of aromatic hydroxyl groups is 1. The van der Waals surface area contributed by atoms with Crippen LogP contribution in [0.3, 0.4) is 0 Å². The number of aromatic nitrogens is 3. The molecule has 0 amide bonds. The van der Waals surface area contributed by atoms with Crippen LogP contribution in [0.5, 0.6) is 5.75 Å². The number of hydrogen-bond acceptors (Lipinski definition) is 5. The van der Waals surface area contributed by atoms with Gasteiger partial charge in [0.2, 0.25) is 4.77 Å². The molecule has 0 saturated carbocycles. The van der Waals surface area contributed by atoms with Gasteiger partial charge in [0.25, 0.3) is 0 Å². The molecule has 0 spiro atoms. The highest BCUT2D eigenvalue weighted by molar-refractivity contribution is 7.71. The molecule has 106 valence electrons. The molecule has 0 saturated heterocycles. The molecule has 0 atom stereocenters. The number of benzene rings is 1. The number of aromatic amines is 1. The van der Waals surface area contributed by atoms with E-state index >= 15 is 0 Å². The van der Waals surface area contributed by atoms with Gasteiger partial charge in [0.15, 0.2) is 5.82 Å². The molecule has 0 aliphatic rings. The molecule has 0 radical (unpaired) electrons. The number of phenolic OH excluding ortho intramolecular Hbond substituents is 1. The number of H-pyrrole nitrogens is 1. The summed E-state index contributed by atoms with van der Waals surface area (Å²) >= 11 is 6.86. The Morgan fingerprint density at radius 3 is 2.71 bits per heavy atom. The fourth-order valence-corrected chi connectivity index (χ4v) is 2.76. The lowest BCUT2D eigenvalue weighted by molar-refractivity contribution is 0.475. The highest BCUT2D eigenvalue weighted by atomic mass is 32.1. The average Bonchev–Trinajstić information content (AvgIpc) is 3.04. The topological polar surface area (TPSA) is 66.2 Å². The second kappa shape index (κ2) is 5.63. The standard InChI is InChI=1S/C14H12N4OS2/c1-9-2-7-12(21-9)8-15-18-13(16-17-14(18)20)10-3-5-11(19)6-4-10/h2-8,19H,1H3,(H,17,20)/b15-8+. The van der Waals surface area contributed by atoms with Crippen LogP contribution in [0.4, 0.5) is 0 Å². The SMILES string of the molecule is Cc1ccc(/C=N/n2c(-c3ccc(O)cc3)n[nH]c2=S)s1. The number of thiophene rings is 1. The van der Waals surface area contributed by atoms with Crippen molar-refractivity contribution in [1.82, 2.24) is 14.9 Å². The molecule has 0 fully saturated rings. The smallest absolute Gasteiger partial charge is 0.216 e. The largest absolute Gasteiger partial charge is 0.508 e. The number of nitrogens with one attached hydrogen (secondary N) is 1. The molecule has 21 heavy (non-hydrogen) atoms. The van der Waals surface area contributed by atoms with Crippen LogP contribution in [0, 0.1) is 11.7 Å². The summed E-state index contributed by atoms with van der Waals surface area (Å²) < 4.78 is 1.99. The summed E-state index contributed by atoms with van der Waals surface area (Å²) in [5.41, 5.74) is 0.819. The minimum atomic E-state index is 0.206. The Balaban J connectivity index is 1.99. The van der Waals surface area contributed by atoms with Crippen molar-refractivity contribution in [3.8, 4) is 17.1 Å². The normalized spacial score (nSPS) is 11.3. The number of rotatable bonds is 3. The molecule has 1 aromatic carbocycles. The number of hydrogen-bond donors (Lipinski definition) is 2. The van der Waals surface area contributed by atoms with Gasteiger partial charge >= 0.3 is 0 Å². The number of aryl methyl sites for hydroxylation is 1. The lowest BCUT2D eigenvalue weighted by Crippen LogP contribution is -1.94. The summed E-state index contributed by atoms with van der Waals surface area (Å²) in [7, 11) is 0. The zero-order valence-corrected chi connectivity index (χ0v) is 12.8. The van der Waals surface area contributed by atoms with Crippen LogP contribution in [0.25, 0.3) is 11.4 Å². The number of phenols is 1. The maximum Gasteiger partial charge on any atom is 0.216 e. The maximum atomic E-state index is 9.35. The van der Waals surface area contributed by atoms with Crippen LogP contribution in [0.15, 0.2) is 41.5 Å². The zero-order valence-electron chi connectivity index (χ0n) is 11.1. The summed E-state index contributed by atoms with van der Waals surface area (Å²) in [6.45, 7) is 2.05. The van der Waals surface area contributed by atoms with Gasteiger partial charge in [-0.15, -0.1) is 11.3 Å². The molecule has 2 heterocycles. The van der Waals surface area contributed by atoms with Crippen LogP contribution in [-0.2, 0) is 0 Å². The third-order valence-electron chi connectivity index (χ3n) is 2.84. The quantitative estimate of drug-likeness (QED) is 0.573. The highest BCUT2D eigenvalue weighted by Crippen LogP contribution is 2.20. The van der Waals surface area contributed by atoms with E-state index in [1.807, 2.05) is 19.1 Å². The monoisotopic (exact) mass is 316 g/mol. The molecule has 7 heteroatoms. The zero-order chi connectivity index (χ0) is 14.8. The Morgan fingerprint density at radius 2 is 2.05 bits per heavy atom. The van der Waals surface area contributed by atoms with Crippen LogP contribution >= 0.6 is 23.6 Å². The summed E-state index contributed by atoms with van der Waals surface area (Å²) in [6, 6.07) is 10.8. The molecular weight excluding hydrogens is 304 g/mol. The molecular formula is C14H12N4OS2. The van der Waals surface area contributed by atoms with E-state index in [4.69, 9.17) is 12.2 Å². The summed E-state index contributed by atoms with van der Waals surface area (Å²) in [5.74, 6) is 0.807. The van der Waals surface area contributed by atoms with Crippen molar-refractivity contribution < 1.29 is 5.11 Å². The van der Waals surface area contributed by atoms with E-state index in [9.17, 15) is 5.11 Å². The third-order valence-corrected chi connectivity index (χ3v) is 4.04. The first-order chi connectivity index (χ1) is 10.1. The van der Waals surface area contributed by atoms with E-state index in [0.717, 1.165) is 10.4 Å². The Hall–Kier alpha value is -2.25. The molecule has 3 rings (SSSR count). The van der Waals surface area contributed by atoms with Crippen molar-refractivity contribution in [2.24, 2.45) is 5.10 Å². The highest BCUT2D eigenvalue weighted by Gasteiger charge is 2.08. The van der Waals surface area contributed by atoms with E-state index in [-0.39, 0.29) is 5.75 Å². The third kappa shape index (κ3) is 2.93. The minimum absolute atomic E-state index is 0.206. The molecule has 0 aliphatic carbocycles. The van der Waals surface area contributed by atoms with Gasteiger partial charge < -0.3 is 5.11 Å². The summed E-state index contributed by atoms with van der Waals surface area (Å²) in [5, 5.41) is 20.7. The maximum absolute atomic E-state index is 9.35. The van der Waals surface area contributed by atoms with Gasteiger partial charge in [-0.1, -0.05) is 0 Å². The van der Waals surface area contributed by atoms with Crippen molar-refractivity contribution in [3.05, 3.63) is 50.9 Å². The van der Waals surface area contributed by atoms with Gasteiger partial charge in [-0.2, -0.15) is 14.9 Å². The average molecular weight is 316 g/mol. The lowest BCUT2D eigenvalue weighted by atomic mass is 10.2. The van der Waals surface area contributed by atoms with Crippen LogP contribution in [0.1, 0.15) is 9.75 Å². The van der Waals surface area contributed by atoms with Crippen LogP contribution in [-0.4, -0.2) is 26.2 Å². The first-order valence-corrected chi connectivity index (χ1v) is 7.43. The van der Waals surface area contributed by atoms with Crippen molar-refractivity contribution in [1.29, 1.82) is 0 Å². The van der Waals surface area contributed by atoms with Gasteiger partial charge in [-0.05, 0) is 55.5 Å². The van der Waals surface area contributed by atoms with Gasteiger partial charge in [0.05, 0.1) is 6.21 Å². The Labute approximate surface area is 130 Å². The fraction of sp³-hybridized carbons (Fsp3) is 0.0714. The van der Waals surface area contributed by atoms with Crippen molar-refractivity contribution in [2.45, 2.75) is 6.92 Å². The van der Waals surface area contributed by atoms with E-state index in [2.05, 4.69) is 15.3 Å². The molecule has 5 nitrogen and oxygen atoms in total. The second-order valence-corrected chi connectivity index (χ2v) is 6.11. The predicted octanol–water partition coefficient (Wildman–Crippen LogP) is 3.57. The van der Waals surface area contributed by atoms with Crippen molar-refractivity contribution in [2.75, 3.05) is 0 Å². The van der Waals surface area contributed by atoms with Gasteiger partial charge in [0.1, 0.15) is 5.75 Å². The number of nitrogens with zero attached hydrogens (tertiary/aromatic N) is 3. The van der Waals surface area contributed by atoms with Crippen LogP contribution in [0.2, 0.25) is 0 Å². The molecule has 3 aromatic rings. The fourth-order valence-electron chi connectivity index (χ4n) is 1.83. The van der Waals surface area contributed by atoms with Crippen LogP contribution < -0.4 is 0 Å². The first kappa shape index (κ1) is 13.7. The van der Waals surface area contributed by atoms with E-state index in [1.165, 1.54) is 4.88 Å².